The summed E-state index contributed by atoms with van der Waals surface area (Å²) in [6, 6.07) is 7.55. The number of aliphatic hydroxyl groups excluding tert-OH is 1. The summed E-state index contributed by atoms with van der Waals surface area (Å²) < 4.78 is 5.47. The molecule has 1 amide bonds. The molecule has 1 atom stereocenters. The zero-order valence-electron chi connectivity index (χ0n) is 16.6. The van der Waals surface area contributed by atoms with Crippen LogP contribution in [0.2, 0.25) is 0 Å². The molecule has 1 aromatic carbocycles. The predicted octanol–water partition coefficient (Wildman–Crippen LogP) is 2.58. The van der Waals surface area contributed by atoms with Gasteiger partial charge in [-0.15, -0.1) is 0 Å². The first-order valence-electron chi connectivity index (χ1n) is 9.11. The minimum atomic E-state index is -0.355. The number of aromatic nitrogens is 1. The molecule has 1 aliphatic heterocycles. The zero-order valence-corrected chi connectivity index (χ0v) is 16.6. The fourth-order valence-corrected chi connectivity index (χ4v) is 3.48. The van der Waals surface area contributed by atoms with Gasteiger partial charge in [0.2, 0.25) is 0 Å². The number of pyridine rings is 1. The van der Waals surface area contributed by atoms with E-state index < -0.39 is 0 Å². The summed E-state index contributed by atoms with van der Waals surface area (Å²) in [5, 5.41) is 13.6. The van der Waals surface area contributed by atoms with E-state index in [0.717, 1.165) is 16.7 Å². The molecule has 1 saturated heterocycles. The van der Waals surface area contributed by atoms with E-state index in [1.54, 1.807) is 11.1 Å². The minimum Gasteiger partial charge on any atom is -0.494 e. The third-order valence-corrected chi connectivity index (χ3v) is 5.15. The maximum Gasteiger partial charge on any atom is 0.276 e. The van der Waals surface area contributed by atoms with Gasteiger partial charge in [-0.05, 0) is 36.6 Å². The van der Waals surface area contributed by atoms with Crippen LogP contribution in [0, 0.1) is 13.8 Å². The highest BCUT2D eigenvalue weighted by Crippen LogP contribution is 2.30. The molecule has 1 fully saturated rings. The van der Waals surface area contributed by atoms with Gasteiger partial charge in [-0.3, -0.25) is 4.79 Å². The molecule has 1 unspecified atom stereocenters. The fraction of sp³-hybridized carbons (Fsp3) is 0.381. The van der Waals surface area contributed by atoms with Crippen LogP contribution in [0.1, 0.15) is 28.0 Å². The van der Waals surface area contributed by atoms with Crippen molar-refractivity contribution in [3.63, 3.8) is 0 Å². The van der Waals surface area contributed by atoms with Crippen LogP contribution in [0.4, 0.5) is 0 Å². The third-order valence-electron chi connectivity index (χ3n) is 5.15. The number of aliphatic hydroxyl groups is 1. The Bertz CT molecular complexity index is 911. The quantitative estimate of drug-likeness (QED) is 0.803. The van der Waals surface area contributed by atoms with Crippen molar-refractivity contribution in [2.45, 2.75) is 26.3 Å². The van der Waals surface area contributed by atoms with E-state index in [1.807, 2.05) is 18.2 Å². The molecular formula is C21H25N3O4. The number of hydrogen-bond donors (Lipinski definition) is 1. The smallest absolute Gasteiger partial charge is 0.276 e. The Morgan fingerprint density at radius 2 is 2.14 bits per heavy atom. The van der Waals surface area contributed by atoms with Crippen LogP contribution in [-0.4, -0.2) is 60.0 Å². The highest BCUT2D eigenvalue weighted by molar-refractivity contribution is 6.01. The Hall–Kier alpha value is -2.93. The van der Waals surface area contributed by atoms with Crippen LogP contribution in [0.25, 0.3) is 11.1 Å². The predicted molar refractivity (Wildman–Crippen MR) is 107 cm³/mol. The van der Waals surface area contributed by atoms with Crippen molar-refractivity contribution in [1.29, 1.82) is 0 Å². The number of oxime groups is 1. The second kappa shape index (κ2) is 8.39. The van der Waals surface area contributed by atoms with Gasteiger partial charge in [0, 0.05) is 18.2 Å². The van der Waals surface area contributed by atoms with Gasteiger partial charge in [0.1, 0.15) is 7.11 Å². The summed E-state index contributed by atoms with van der Waals surface area (Å²) in [7, 11) is 2.98. The number of aryl methyl sites for hydroxylation is 1. The second-order valence-electron chi connectivity index (χ2n) is 6.84. The molecule has 0 saturated carbocycles. The molecule has 1 aliphatic rings. The Morgan fingerprint density at radius 1 is 1.36 bits per heavy atom. The van der Waals surface area contributed by atoms with Crippen LogP contribution in [0.3, 0.4) is 0 Å². The Labute approximate surface area is 164 Å². The van der Waals surface area contributed by atoms with Crippen molar-refractivity contribution in [2.24, 2.45) is 5.16 Å². The molecular weight excluding hydrogens is 358 g/mol. The molecule has 2 heterocycles. The van der Waals surface area contributed by atoms with Crippen LogP contribution >= 0.6 is 0 Å². The van der Waals surface area contributed by atoms with Crippen molar-refractivity contribution in [1.82, 2.24) is 9.88 Å². The molecule has 1 aromatic heterocycles. The van der Waals surface area contributed by atoms with Crippen molar-refractivity contribution in [3.05, 3.63) is 47.3 Å². The number of benzene rings is 1. The molecule has 3 rings (SSSR count). The number of hydrogen-bond acceptors (Lipinski definition) is 6. The van der Waals surface area contributed by atoms with E-state index >= 15 is 0 Å². The summed E-state index contributed by atoms with van der Waals surface area (Å²) >= 11 is 0. The van der Waals surface area contributed by atoms with Crippen molar-refractivity contribution >= 4 is 11.6 Å². The van der Waals surface area contributed by atoms with E-state index in [9.17, 15) is 9.90 Å². The lowest BCUT2D eigenvalue weighted by atomic mass is 9.98. The summed E-state index contributed by atoms with van der Waals surface area (Å²) in [6.45, 7) is 4.25. The van der Waals surface area contributed by atoms with E-state index in [4.69, 9.17) is 9.57 Å². The molecule has 148 valence electrons. The Morgan fingerprint density at radius 3 is 2.82 bits per heavy atom. The molecule has 0 aliphatic carbocycles. The van der Waals surface area contributed by atoms with Crippen molar-refractivity contribution in [2.75, 3.05) is 27.4 Å². The summed E-state index contributed by atoms with van der Waals surface area (Å²) in [5.41, 5.74) is 5.20. The van der Waals surface area contributed by atoms with Gasteiger partial charge < -0.3 is 19.6 Å². The molecule has 0 spiro atoms. The molecule has 7 nitrogen and oxygen atoms in total. The van der Waals surface area contributed by atoms with Gasteiger partial charge in [-0.25, -0.2) is 4.98 Å². The van der Waals surface area contributed by atoms with E-state index in [2.05, 4.69) is 30.1 Å². The number of likely N-dealkylation sites (tertiary alicyclic amines) is 1. The highest BCUT2D eigenvalue weighted by atomic mass is 16.6. The molecule has 1 N–H and O–H groups in total. The monoisotopic (exact) mass is 383 g/mol. The maximum absolute atomic E-state index is 13.1. The molecule has 0 bridgehead atoms. The van der Waals surface area contributed by atoms with Crippen molar-refractivity contribution < 1.29 is 19.5 Å². The summed E-state index contributed by atoms with van der Waals surface area (Å²) in [4.78, 5) is 23.9. The van der Waals surface area contributed by atoms with Gasteiger partial charge in [0.25, 0.3) is 5.91 Å². The standard InChI is InChI=1S/C21H25N3O4/c1-13-6-5-7-18(14(13)2)15-8-19(27-3)20(22-10-15)21(26)24-11-16(23-28-4)9-17(24)12-25/h5-8,10,17,25H,9,11-12H2,1-4H3/b23-16-. The van der Waals surface area contributed by atoms with E-state index in [1.165, 1.54) is 19.8 Å². The van der Waals surface area contributed by atoms with Crippen molar-refractivity contribution in [3.8, 4) is 16.9 Å². The van der Waals surface area contributed by atoms with E-state index in [0.29, 0.717) is 24.4 Å². The topological polar surface area (TPSA) is 84.3 Å². The number of nitrogens with zero attached hydrogens (tertiary/aromatic N) is 3. The SMILES string of the molecule is CO/N=C1/CC(CO)N(C(=O)c2ncc(-c3cccc(C)c3C)cc2OC)C1. The highest BCUT2D eigenvalue weighted by Gasteiger charge is 2.35. The first-order chi connectivity index (χ1) is 13.5. The van der Waals surface area contributed by atoms with Gasteiger partial charge in [0.05, 0.1) is 32.0 Å². The summed E-state index contributed by atoms with van der Waals surface area (Å²) in [5.74, 6) is 0.0990. The van der Waals surface area contributed by atoms with Crippen LogP contribution in [-0.2, 0) is 4.84 Å². The maximum atomic E-state index is 13.1. The average molecular weight is 383 g/mol. The molecule has 0 radical (unpaired) electrons. The second-order valence-corrected chi connectivity index (χ2v) is 6.84. The molecule has 7 heteroatoms. The number of rotatable bonds is 5. The Kier molecular flexibility index (Phi) is 5.94. The molecule has 2 aromatic rings. The van der Waals surface area contributed by atoms with Gasteiger partial charge in [-0.2, -0.15) is 0 Å². The zero-order chi connectivity index (χ0) is 20.3. The Balaban J connectivity index is 1.95. The first kappa shape index (κ1) is 19.8. The van der Waals surface area contributed by atoms with E-state index in [-0.39, 0.29) is 24.2 Å². The number of methoxy groups -OCH3 is 1. The summed E-state index contributed by atoms with van der Waals surface area (Å²) in [6.07, 6.45) is 2.16. The van der Waals surface area contributed by atoms with Crippen LogP contribution in [0.15, 0.2) is 35.6 Å². The minimum absolute atomic E-state index is 0.155. The van der Waals surface area contributed by atoms with Crippen LogP contribution in [0.5, 0.6) is 5.75 Å². The average Bonchev–Trinajstić information content (AvgIpc) is 3.12. The third kappa shape index (κ3) is 3.71. The van der Waals surface area contributed by atoms with Gasteiger partial charge in [0.15, 0.2) is 11.4 Å². The number of carbonyl (C=O) groups is 1. The molecule has 28 heavy (non-hydrogen) atoms. The lowest BCUT2D eigenvalue weighted by Gasteiger charge is -2.22. The fourth-order valence-electron chi connectivity index (χ4n) is 3.48. The number of amides is 1. The number of ether oxygens (including phenoxy) is 1. The normalized spacial score (nSPS) is 17.8. The van der Waals surface area contributed by atoms with Crippen LogP contribution < -0.4 is 4.74 Å². The lowest BCUT2D eigenvalue weighted by molar-refractivity contribution is 0.0670. The first-order valence-corrected chi connectivity index (χ1v) is 9.11. The number of carbonyl (C=O) groups excluding carboxylic acids is 1. The largest absolute Gasteiger partial charge is 0.494 e. The van der Waals surface area contributed by atoms with Gasteiger partial charge in [-0.1, -0.05) is 23.4 Å². The van der Waals surface area contributed by atoms with Gasteiger partial charge >= 0.3 is 0 Å². The lowest BCUT2D eigenvalue weighted by Crippen LogP contribution is -2.38.